The largest absolute Gasteiger partial charge is 0.387 e. The van der Waals surface area contributed by atoms with Gasteiger partial charge in [-0.15, -0.1) is 0 Å². The van der Waals surface area contributed by atoms with Crippen molar-refractivity contribution in [1.29, 1.82) is 0 Å². The SMILES string of the molecule is O=C(NC1CN(C(=O)c2cc3n(n2)CCCC3O)CC2(CCC2)C1)c1cncc(F)c1. The van der Waals surface area contributed by atoms with Crippen molar-refractivity contribution >= 4 is 11.8 Å². The molecule has 2 aromatic heterocycles. The third-order valence-corrected chi connectivity index (χ3v) is 6.87. The van der Waals surface area contributed by atoms with E-state index < -0.39 is 11.9 Å². The molecule has 0 aromatic carbocycles. The smallest absolute Gasteiger partial charge is 0.274 e. The van der Waals surface area contributed by atoms with Gasteiger partial charge < -0.3 is 15.3 Å². The van der Waals surface area contributed by atoms with Crippen molar-refractivity contribution in [2.24, 2.45) is 5.41 Å². The van der Waals surface area contributed by atoms with Gasteiger partial charge in [-0.25, -0.2) is 4.39 Å². The van der Waals surface area contributed by atoms with Gasteiger partial charge in [0.2, 0.25) is 0 Å². The number of likely N-dealkylation sites (tertiary alicyclic amines) is 1. The minimum absolute atomic E-state index is 0.00487. The molecule has 2 unspecified atom stereocenters. The van der Waals surface area contributed by atoms with E-state index >= 15 is 0 Å². The molecule has 0 radical (unpaired) electrons. The first-order valence-corrected chi connectivity index (χ1v) is 10.9. The minimum Gasteiger partial charge on any atom is -0.387 e. The van der Waals surface area contributed by atoms with E-state index in [1.54, 1.807) is 15.6 Å². The van der Waals surface area contributed by atoms with Crippen molar-refractivity contribution in [2.75, 3.05) is 13.1 Å². The number of aryl methyl sites for hydroxylation is 1. The van der Waals surface area contributed by atoms with Crippen LogP contribution in [0.15, 0.2) is 24.5 Å². The maximum atomic E-state index is 13.5. The van der Waals surface area contributed by atoms with Crippen molar-refractivity contribution in [1.82, 2.24) is 25.0 Å². The van der Waals surface area contributed by atoms with E-state index in [-0.39, 0.29) is 28.8 Å². The molecule has 2 N–H and O–H groups in total. The first-order valence-electron chi connectivity index (χ1n) is 10.9. The molecular formula is C22H26FN5O3. The summed E-state index contributed by atoms with van der Waals surface area (Å²) in [6, 6.07) is 2.63. The van der Waals surface area contributed by atoms with Gasteiger partial charge in [-0.2, -0.15) is 5.10 Å². The van der Waals surface area contributed by atoms with Crippen LogP contribution in [-0.2, 0) is 6.54 Å². The maximum Gasteiger partial charge on any atom is 0.274 e. The van der Waals surface area contributed by atoms with Crippen LogP contribution in [0.4, 0.5) is 4.39 Å². The Morgan fingerprint density at radius 3 is 2.77 bits per heavy atom. The average molecular weight is 427 g/mol. The first kappa shape index (κ1) is 20.1. The fourth-order valence-electron chi connectivity index (χ4n) is 5.21. The molecule has 3 aliphatic rings. The number of aliphatic hydroxyl groups excluding tert-OH is 1. The molecule has 2 aromatic rings. The Morgan fingerprint density at radius 1 is 1.23 bits per heavy atom. The van der Waals surface area contributed by atoms with Crippen molar-refractivity contribution < 1.29 is 19.1 Å². The standard InChI is InChI=1S/C22H26FN5O3/c23-15-7-14(10-24-11-15)20(30)25-16-9-22(4-2-5-22)13-27(12-16)21(31)17-8-18-19(29)3-1-6-28(18)26-17/h7-8,10-11,16,19,29H,1-6,9,12-13H2,(H,25,30). The summed E-state index contributed by atoms with van der Waals surface area (Å²) < 4.78 is 15.2. The van der Waals surface area contributed by atoms with E-state index in [1.165, 1.54) is 6.20 Å². The number of nitrogens with zero attached hydrogens (tertiary/aromatic N) is 4. The van der Waals surface area contributed by atoms with Crippen molar-refractivity contribution in [3.8, 4) is 0 Å². The van der Waals surface area contributed by atoms with E-state index in [0.29, 0.717) is 37.4 Å². The molecule has 164 valence electrons. The van der Waals surface area contributed by atoms with Gasteiger partial charge in [0.25, 0.3) is 11.8 Å². The molecule has 5 rings (SSSR count). The number of rotatable bonds is 3. The lowest BCUT2D eigenvalue weighted by molar-refractivity contribution is 0.00502. The Kier molecular flexibility index (Phi) is 5.00. The zero-order chi connectivity index (χ0) is 21.6. The fourth-order valence-corrected chi connectivity index (χ4v) is 5.21. The third-order valence-electron chi connectivity index (χ3n) is 6.87. The monoisotopic (exact) mass is 427 g/mol. The van der Waals surface area contributed by atoms with Crippen LogP contribution in [0.2, 0.25) is 0 Å². The van der Waals surface area contributed by atoms with E-state index in [1.807, 2.05) is 0 Å². The van der Waals surface area contributed by atoms with E-state index in [9.17, 15) is 19.1 Å². The number of nitrogens with one attached hydrogen (secondary N) is 1. The molecule has 8 nitrogen and oxygen atoms in total. The Morgan fingerprint density at radius 2 is 2.06 bits per heavy atom. The molecule has 2 fully saturated rings. The lowest BCUT2D eigenvalue weighted by Crippen LogP contribution is -2.58. The van der Waals surface area contributed by atoms with Gasteiger partial charge in [0.15, 0.2) is 5.69 Å². The van der Waals surface area contributed by atoms with Crippen LogP contribution in [0, 0.1) is 11.2 Å². The summed E-state index contributed by atoms with van der Waals surface area (Å²) in [7, 11) is 0. The number of hydrogen-bond donors (Lipinski definition) is 2. The highest BCUT2D eigenvalue weighted by atomic mass is 19.1. The number of pyridine rings is 1. The number of aliphatic hydroxyl groups is 1. The number of halogens is 1. The minimum atomic E-state index is -0.589. The number of piperidine rings is 1. The quantitative estimate of drug-likeness (QED) is 0.781. The molecule has 0 bridgehead atoms. The highest BCUT2D eigenvalue weighted by Gasteiger charge is 2.46. The fraction of sp³-hybridized carbons (Fsp3) is 0.545. The highest BCUT2D eigenvalue weighted by molar-refractivity contribution is 5.94. The molecule has 1 saturated heterocycles. The second-order valence-electron chi connectivity index (χ2n) is 9.14. The maximum absolute atomic E-state index is 13.5. The van der Waals surface area contributed by atoms with Crippen LogP contribution in [0.1, 0.15) is 71.2 Å². The van der Waals surface area contributed by atoms with Crippen LogP contribution in [0.25, 0.3) is 0 Å². The first-order chi connectivity index (χ1) is 14.9. The summed E-state index contributed by atoms with van der Waals surface area (Å²) in [5.74, 6) is -1.12. The second kappa shape index (κ2) is 7.71. The molecule has 9 heteroatoms. The van der Waals surface area contributed by atoms with Gasteiger partial charge in [0, 0.05) is 31.9 Å². The van der Waals surface area contributed by atoms with Gasteiger partial charge >= 0.3 is 0 Å². The molecule has 2 amide bonds. The molecule has 1 saturated carbocycles. The van der Waals surface area contributed by atoms with Crippen molar-refractivity contribution in [2.45, 2.75) is 57.2 Å². The highest BCUT2D eigenvalue weighted by Crippen LogP contribution is 2.47. The van der Waals surface area contributed by atoms with Gasteiger partial charge in [-0.1, -0.05) is 6.42 Å². The number of amides is 2. The number of hydrogen-bond acceptors (Lipinski definition) is 5. The Bertz CT molecular complexity index is 1020. The predicted octanol–water partition coefficient (Wildman–Crippen LogP) is 2.06. The Balaban J connectivity index is 1.34. The zero-order valence-electron chi connectivity index (χ0n) is 17.3. The van der Waals surface area contributed by atoms with Gasteiger partial charge in [0.1, 0.15) is 5.82 Å². The van der Waals surface area contributed by atoms with Crippen LogP contribution in [-0.4, -0.2) is 55.7 Å². The van der Waals surface area contributed by atoms with E-state index in [0.717, 1.165) is 44.4 Å². The Labute approximate surface area is 179 Å². The summed E-state index contributed by atoms with van der Waals surface area (Å²) in [5, 5.41) is 17.6. The van der Waals surface area contributed by atoms with Crippen LogP contribution in [0.3, 0.4) is 0 Å². The molecule has 2 atom stereocenters. The summed E-state index contributed by atoms with van der Waals surface area (Å²) in [6.07, 6.45) is 7.26. The lowest BCUT2D eigenvalue weighted by atomic mass is 9.63. The molecule has 1 aliphatic carbocycles. The molecular weight excluding hydrogens is 401 g/mol. The number of aromatic nitrogens is 3. The van der Waals surface area contributed by atoms with Crippen molar-refractivity contribution in [3.05, 3.63) is 47.3 Å². The summed E-state index contributed by atoms with van der Waals surface area (Å²) >= 11 is 0. The number of carbonyl (C=O) groups excluding carboxylic acids is 2. The summed E-state index contributed by atoms with van der Waals surface area (Å²) in [6.45, 7) is 1.72. The summed E-state index contributed by atoms with van der Waals surface area (Å²) in [5.41, 5.74) is 1.20. The van der Waals surface area contributed by atoms with E-state index in [2.05, 4.69) is 15.4 Å². The second-order valence-corrected chi connectivity index (χ2v) is 9.14. The van der Waals surface area contributed by atoms with Gasteiger partial charge in [0.05, 0.1) is 23.6 Å². The summed E-state index contributed by atoms with van der Waals surface area (Å²) in [4.78, 5) is 31.4. The Hall–Kier alpha value is -2.81. The zero-order valence-corrected chi connectivity index (χ0v) is 17.3. The average Bonchev–Trinajstić information content (AvgIpc) is 3.17. The molecule has 2 aliphatic heterocycles. The van der Waals surface area contributed by atoms with Crippen molar-refractivity contribution in [3.63, 3.8) is 0 Å². The van der Waals surface area contributed by atoms with Crippen LogP contribution < -0.4 is 5.32 Å². The third kappa shape index (κ3) is 3.82. The number of carbonyl (C=O) groups is 2. The molecule has 31 heavy (non-hydrogen) atoms. The lowest BCUT2D eigenvalue weighted by Gasteiger charge is -2.51. The van der Waals surface area contributed by atoms with Gasteiger partial charge in [-0.3, -0.25) is 19.3 Å². The van der Waals surface area contributed by atoms with E-state index in [4.69, 9.17) is 0 Å². The molecule has 4 heterocycles. The van der Waals surface area contributed by atoms with Gasteiger partial charge in [-0.05, 0) is 49.7 Å². The normalized spacial score (nSPS) is 24.4. The van der Waals surface area contributed by atoms with Crippen LogP contribution >= 0.6 is 0 Å². The topological polar surface area (TPSA) is 100 Å². The van der Waals surface area contributed by atoms with Crippen LogP contribution in [0.5, 0.6) is 0 Å². The molecule has 1 spiro atoms. The number of fused-ring (bicyclic) bond motifs is 1. The predicted molar refractivity (Wildman–Crippen MR) is 109 cm³/mol.